The molecule has 4 nitrogen and oxygen atoms in total. The third-order valence-corrected chi connectivity index (χ3v) is 4.65. The molecule has 0 aliphatic heterocycles. The van der Waals surface area contributed by atoms with Gasteiger partial charge in [0.15, 0.2) is 0 Å². The number of amides is 2. The summed E-state index contributed by atoms with van der Waals surface area (Å²) in [7, 11) is 0. The van der Waals surface area contributed by atoms with E-state index in [-0.39, 0.29) is 11.8 Å². The number of carbonyl (C=O) groups is 2. The van der Waals surface area contributed by atoms with Crippen molar-refractivity contribution in [3.63, 3.8) is 0 Å². The third kappa shape index (κ3) is 6.89. The Kier molecular flexibility index (Phi) is 8.05. The van der Waals surface area contributed by atoms with Crippen LogP contribution in [0.4, 0.5) is 5.69 Å². The number of para-hydroxylation sites is 1. The Hall–Kier alpha value is -2.62. The van der Waals surface area contributed by atoms with E-state index in [0.717, 1.165) is 24.1 Å². The van der Waals surface area contributed by atoms with Gasteiger partial charge in [-0.05, 0) is 36.0 Å². The van der Waals surface area contributed by atoms with Crippen LogP contribution in [0.5, 0.6) is 0 Å². The Balaban J connectivity index is 1.83. The van der Waals surface area contributed by atoms with Crippen LogP contribution in [0.2, 0.25) is 0 Å². The van der Waals surface area contributed by atoms with Crippen molar-refractivity contribution in [2.24, 2.45) is 0 Å². The van der Waals surface area contributed by atoms with Gasteiger partial charge in [0.1, 0.15) is 0 Å². The fourth-order valence-corrected chi connectivity index (χ4v) is 3.11. The van der Waals surface area contributed by atoms with Crippen LogP contribution in [-0.2, 0) is 16.0 Å². The minimum atomic E-state index is -0.0580. The second kappa shape index (κ2) is 10.5. The minimum absolute atomic E-state index is 0.0124. The minimum Gasteiger partial charge on any atom is -0.342 e. The third-order valence-electron chi connectivity index (χ3n) is 4.65. The van der Waals surface area contributed by atoms with Crippen molar-refractivity contribution in [3.05, 3.63) is 65.7 Å². The maximum absolute atomic E-state index is 12.4. The number of anilines is 1. The maximum atomic E-state index is 12.4. The highest BCUT2D eigenvalue weighted by molar-refractivity contribution is 5.92. The Morgan fingerprint density at radius 1 is 0.963 bits per heavy atom. The Labute approximate surface area is 162 Å². The second-order valence-electron chi connectivity index (χ2n) is 7.14. The standard InChI is InChI=1S/C23H30N2O2/c1-18(2)21-13-7-8-14-22(21)24-23(27)15-17-25(19(3)26)16-9-12-20-10-5-4-6-11-20/h4-8,10-11,13-14,18H,9,12,15-17H2,1-3H3,(H,24,27). The van der Waals surface area contributed by atoms with Crippen LogP contribution >= 0.6 is 0 Å². The topological polar surface area (TPSA) is 49.4 Å². The molecular formula is C23H30N2O2. The molecule has 0 saturated heterocycles. The first kappa shape index (κ1) is 20.7. The summed E-state index contributed by atoms with van der Waals surface area (Å²) in [5, 5.41) is 2.99. The molecule has 144 valence electrons. The van der Waals surface area contributed by atoms with Gasteiger partial charge in [0, 0.05) is 32.1 Å². The molecule has 2 aromatic carbocycles. The molecule has 27 heavy (non-hydrogen) atoms. The summed E-state index contributed by atoms with van der Waals surface area (Å²) in [5.74, 6) is 0.295. The van der Waals surface area contributed by atoms with Crippen LogP contribution in [0.15, 0.2) is 54.6 Å². The number of aryl methyl sites for hydroxylation is 1. The lowest BCUT2D eigenvalue weighted by Gasteiger charge is -2.21. The van der Waals surface area contributed by atoms with Crippen LogP contribution in [0.25, 0.3) is 0 Å². The molecule has 0 saturated carbocycles. The van der Waals surface area contributed by atoms with Gasteiger partial charge in [-0.3, -0.25) is 9.59 Å². The van der Waals surface area contributed by atoms with Crippen molar-refractivity contribution in [1.29, 1.82) is 0 Å². The molecule has 2 amide bonds. The van der Waals surface area contributed by atoms with Crippen LogP contribution in [0, 0.1) is 0 Å². The average molecular weight is 367 g/mol. The maximum Gasteiger partial charge on any atom is 0.226 e. The van der Waals surface area contributed by atoms with Gasteiger partial charge in [0.05, 0.1) is 0 Å². The SMILES string of the molecule is CC(=O)N(CCCc1ccccc1)CCC(=O)Nc1ccccc1C(C)C. The summed E-state index contributed by atoms with van der Waals surface area (Å²) in [6, 6.07) is 18.1. The highest BCUT2D eigenvalue weighted by atomic mass is 16.2. The van der Waals surface area contributed by atoms with Gasteiger partial charge >= 0.3 is 0 Å². The summed E-state index contributed by atoms with van der Waals surface area (Å²) >= 11 is 0. The highest BCUT2D eigenvalue weighted by Crippen LogP contribution is 2.23. The molecule has 2 aromatic rings. The number of carbonyl (C=O) groups excluding carboxylic acids is 2. The lowest BCUT2D eigenvalue weighted by atomic mass is 10.0. The van der Waals surface area contributed by atoms with Gasteiger partial charge in [-0.15, -0.1) is 0 Å². The summed E-state index contributed by atoms with van der Waals surface area (Å²) in [4.78, 5) is 26.0. The molecular weight excluding hydrogens is 336 g/mol. The molecule has 1 N–H and O–H groups in total. The van der Waals surface area contributed by atoms with Gasteiger partial charge in [-0.2, -0.15) is 0 Å². The van der Waals surface area contributed by atoms with Crippen molar-refractivity contribution >= 4 is 17.5 Å². The van der Waals surface area contributed by atoms with Crippen LogP contribution in [0.3, 0.4) is 0 Å². The van der Waals surface area contributed by atoms with E-state index < -0.39 is 0 Å². The van der Waals surface area contributed by atoms with Gasteiger partial charge in [-0.25, -0.2) is 0 Å². The molecule has 0 spiro atoms. The van der Waals surface area contributed by atoms with Gasteiger partial charge in [-0.1, -0.05) is 62.4 Å². The first-order chi connectivity index (χ1) is 13.0. The summed E-state index contributed by atoms with van der Waals surface area (Å²) in [5.41, 5.74) is 3.25. The first-order valence-electron chi connectivity index (χ1n) is 9.65. The van der Waals surface area contributed by atoms with Crippen molar-refractivity contribution < 1.29 is 9.59 Å². The largest absolute Gasteiger partial charge is 0.342 e. The molecule has 0 radical (unpaired) electrons. The van der Waals surface area contributed by atoms with Crippen LogP contribution < -0.4 is 5.32 Å². The number of hydrogen-bond acceptors (Lipinski definition) is 2. The van der Waals surface area contributed by atoms with Crippen molar-refractivity contribution in [3.8, 4) is 0 Å². The zero-order valence-corrected chi connectivity index (χ0v) is 16.6. The number of rotatable bonds is 9. The number of hydrogen-bond donors (Lipinski definition) is 1. The van der Waals surface area contributed by atoms with Gasteiger partial charge < -0.3 is 10.2 Å². The van der Waals surface area contributed by atoms with Gasteiger partial charge in [0.2, 0.25) is 11.8 Å². The number of benzene rings is 2. The molecule has 2 rings (SSSR count). The zero-order valence-electron chi connectivity index (χ0n) is 16.6. The van der Waals surface area contributed by atoms with Crippen molar-refractivity contribution in [2.45, 2.75) is 46.0 Å². The smallest absolute Gasteiger partial charge is 0.226 e. The first-order valence-corrected chi connectivity index (χ1v) is 9.65. The summed E-state index contributed by atoms with van der Waals surface area (Å²) in [6.07, 6.45) is 2.12. The van der Waals surface area contributed by atoms with E-state index in [4.69, 9.17) is 0 Å². The fourth-order valence-electron chi connectivity index (χ4n) is 3.11. The quantitative estimate of drug-likeness (QED) is 0.704. The average Bonchev–Trinajstić information content (AvgIpc) is 2.65. The molecule has 0 aromatic heterocycles. The van der Waals surface area contributed by atoms with E-state index in [0.29, 0.717) is 25.4 Å². The molecule has 0 bridgehead atoms. The Bertz CT molecular complexity index is 741. The van der Waals surface area contributed by atoms with E-state index in [1.165, 1.54) is 5.56 Å². The molecule has 0 heterocycles. The fraction of sp³-hybridized carbons (Fsp3) is 0.391. The van der Waals surface area contributed by atoms with Gasteiger partial charge in [0.25, 0.3) is 0 Å². The monoisotopic (exact) mass is 366 g/mol. The molecule has 0 aliphatic carbocycles. The lowest BCUT2D eigenvalue weighted by molar-refractivity contribution is -0.129. The second-order valence-corrected chi connectivity index (χ2v) is 7.14. The van der Waals surface area contributed by atoms with E-state index in [2.05, 4.69) is 31.3 Å². The number of nitrogens with one attached hydrogen (secondary N) is 1. The molecule has 0 atom stereocenters. The Morgan fingerprint density at radius 2 is 1.63 bits per heavy atom. The lowest BCUT2D eigenvalue weighted by Crippen LogP contribution is -2.33. The van der Waals surface area contributed by atoms with E-state index in [1.54, 1.807) is 11.8 Å². The molecule has 0 aliphatic rings. The summed E-state index contributed by atoms with van der Waals surface area (Å²) in [6.45, 7) is 6.89. The van der Waals surface area contributed by atoms with Crippen molar-refractivity contribution in [2.75, 3.05) is 18.4 Å². The summed E-state index contributed by atoms with van der Waals surface area (Å²) < 4.78 is 0. The van der Waals surface area contributed by atoms with E-state index >= 15 is 0 Å². The Morgan fingerprint density at radius 3 is 2.30 bits per heavy atom. The van der Waals surface area contributed by atoms with Crippen LogP contribution in [-0.4, -0.2) is 29.8 Å². The van der Waals surface area contributed by atoms with E-state index in [9.17, 15) is 9.59 Å². The molecule has 0 fully saturated rings. The zero-order chi connectivity index (χ0) is 19.6. The predicted molar refractivity (Wildman–Crippen MR) is 111 cm³/mol. The predicted octanol–water partition coefficient (Wildman–Crippen LogP) is 4.62. The number of nitrogens with zero attached hydrogens (tertiary/aromatic N) is 1. The normalized spacial score (nSPS) is 10.7. The van der Waals surface area contributed by atoms with Crippen LogP contribution in [0.1, 0.15) is 50.7 Å². The molecule has 0 unspecified atom stereocenters. The molecule has 4 heteroatoms. The highest BCUT2D eigenvalue weighted by Gasteiger charge is 2.13. The van der Waals surface area contributed by atoms with Crippen molar-refractivity contribution in [1.82, 2.24) is 4.90 Å². The van der Waals surface area contributed by atoms with E-state index in [1.807, 2.05) is 42.5 Å².